The molecule has 0 radical (unpaired) electrons. The molecule has 182 valence electrons. The van der Waals surface area contributed by atoms with Crippen molar-refractivity contribution in [2.24, 2.45) is 0 Å². The first kappa shape index (κ1) is 24.9. The van der Waals surface area contributed by atoms with Crippen LogP contribution in [0.15, 0.2) is 18.2 Å². The number of aromatic amines is 1. The Balaban J connectivity index is 0.00000274. The van der Waals surface area contributed by atoms with Gasteiger partial charge in [-0.1, -0.05) is 24.4 Å². The fourth-order valence-corrected chi connectivity index (χ4v) is 5.89. The molecule has 11 heteroatoms. The molecule has 2 aliphatic rings. The number of halogens is 3. The van der Waals surface area contributed by atoms with E-state index in [4.69, 9.17) is 11.6 Å². The number of carbonyl (C=O) groups is 2. The predicted octanol–water partition coefficient (Wildman–Crippen LogP) is 4.30. The van der Waals surface area contributed by atoms with Crippen LogP contribution in [0.4, 0.5) is 4.39 Å². The molecular formula is C23H26Cl2FN5O2S. The molecule has 0 bridgehead atoms. The smallest absolute Gasteiger partial charge is 0.280 e. The number of nitrogens with one attached hydrogen (secondary N) is 3. The number of fused-ring (bicyclic) bond motifs is 2. The molecule has 2 amide bonds. The summed E-state index contributed by atoms with van der Waals surface area (Å²) in [7, 11) is 2.07. The van der Waals surface area contributed by atoms with E-state index < -0.39 is 5.82 Å². The Morgan fingerprint density at radius 1 is 1.18 bits per heavy atom. The van der Waals surface area contributed by atoms with Crippen molar-refractivity contribution in [1.29, 1.82) is 0 Å². The van der Waals surface area contributed by atoms with Crippen molar-refractivity contribution < 1.29 is 14.0 Å². The van der Waals surface area contributed by atoms with Crippen LogP contribution in [0.5, 0.6) is 0 Å². The summed E-state index contributed by atoms with van der Waals surface area (Å²) in [4.78, 5) is 36.8. The van der Waals surface area contributed by atoms with E-state index in [1.807, 2.05) is 0 Å². The van der Waals surface area contributed by atoms with E-state index in [0.29, 0.717) is 21.6 Å². The maximum Gasteiger partial charge on any atom is 0.280 e. The van der Waals surface area contributed by atoms with Gasteiger partial charge in [0.25, 0.3) is 11.8 Å². The summed E-state index contributed by atoms with van der Waals surface area (Å²) in [5.74, 6) is -1.01. The number of thiazole rings is 1. The van der Waals surface area contributed by atoms with Crippen LogP contribution in [0.25, 0.3) is 10.9 Å². The highest BCUT2D eigenvalue weighted by Gasteiger charge is 2.30. The third kappa shape index (κ3) is 5.07. The zero-order valence-electron chi connectivity index (χ0n) is 18.6. The van der Waals surface area contributed by atoms with Crippen LogP contribution in [0.2, 0.25) is 5.02 Å². The van der Waals surface area contributed by atoms with E-state index in [9.17, 15) is 14.0 Å². The lowest BCUT2D eigenvalue weighted by atomic mass is 9.90. The summed E-state index contributed by atoms with van der Waals surface area (Å²) in [5, 5.41) is 7.32. The molecule has 3 heterocycles. The van der Waals surface area contributed by atoms with Crippen LogP contribution in [0.1, 0.15) is 56.5 Å². The zero-order valence-corrected chi connectivity index (χ0v) is 21.0. The number of hydrogen-bond donors (Lipinski definition) is 3. The van der Waals surface area contributed by atoms with Crippen molar-refractivity contribution in [3.63, 3.8) is 0 Å². The Morgan fingerprint density at radius 3 is 2.62 bits per heavy atom. The fraction of sp³-hybridized carbons (Fsp3) is 0.435. The minimum Gasteiger partial charge on any atom is -0.350 e. The van der Waals surface area contributed by atoms with Crippen LogP contribution >= 0.6 is 35.3 Å². The van der Waals surface area contributed by atoms with Gasteiger partial charge in [0.1, 0.15) is 11.5 Å². The maximum atomic E-state index is 13.7. The minimum absolute atomic E-state index is 0. The number of hydrogen-bond acceptors (Lipinski definition) is 5. The molecule has 0 spiro atoms. The van der Waals surface area contributed by atoms with Gasteiger partial charge in [-0.2, -0.15) is 0 Å². The second kappa shape index (κ2) is 10.2. The monoisotopic (exact) mass is 525 g/mol. The molecule has 3 aromatic rings. The first-order valence-corrected chi connectivity index (χ1v) is 12.3. The molecule has 0 unspecified atom stereocenters. The summed E-state index contributed by atoms with van der Waals surface area (Å²) in [6.07, 6.45) is 4.38. The van der Waals surface area contributed by atoms with Crippen LogP contribution in [0.3, 0.4) is 0 Å². The summed E-state index contributed by atoms with van der Waals surface area (Å²) in [5.41, 5.74) is 1.86. The number of aromatic nitrogens is 2. The van der Waals surface area contributed by atoms with Gasteiger partial charge in [-0.3, -0.25) is 9.59 Å². The van der Waals surface area contributed by atoms with Gasteiger partial charge in [0.2, 0.25) is 0 Å². The lowest BCUT2D eigenvalue weighted by Crippen LogP contribution is -2.53. The molecule has 2 aromatic heterocycles. The molecule has 2 atom stereocenters. The topological polar surface area (TPSA) is 90.1 Å². The molecule has 1 aliphatic heterocycles. The number of amides is 2. The molecular weight excluding hydrogens is 500 g/mol. The Kier molecular flexibility index (Phi) is 7.47. The van der Waals surface area contributed by atoms with Gasteiger partial charge in [-0.15, -0.1) is 23.7 Å². The first-order valence-electron chi connectivity index (χ1n) is 11.1. The summed E-state index contributed by atoms with van der Waals surface area (Å²) >= 11 is 7.31. The average molecular weight is 526 g/mol. The number of H-pyrrole nitrogens is 1. The SMILES string of the molecule is CN1CCc2nc(C(=O)N[C@@H]3CCCC[C@H]3NC(=O)c3cc4cc(Cl)c(F)cc4[nH]3)sc2C1.Cl. The lowest BCUT2D eigenvalue weighted by molar-refractivity contribution is 0.0860. The minimum atomic E-state index is -0.538. The lowest BCUT2D eigenvalue weighted by Gasteiger charge is -2.32. The molecule has 0 saturated heterocycles. The number of rotatable bonds is 4. The Hall–Kier alpha value is -2.20. The van der Waals surface area contributed by atoms with E-state index in [2.05, 4.69) is 32.5 Å². The summed E-state index contributed by atoms with van der Waals surface area (Å²) < 4.78 is 13.7. The van der Waals surface area contributed by atoms with Crippen molar-refractivity contribution in [1.82, 2.24) is 25.5 Å². The highest BCUT2D eigenvalue weighted by Crippen LogP contribution is 2.26. The highest BCUT2D eigenvalue weighted by atomic mass is 35.5. The van der Waals surface area contributed by atoms with Crippen LogP contribution in [0, 0.1) is 5.82 Å². The summed E-state index contributed by atoms with van der Waals surface area (Å²) in [6, 6.07) is 4.07. The van der Waals surface area contributed by atoms with Crippen LogP contribution < -0.4 is 10.6 Å². The van der Waals surface area contributed by atoms with Crippen LogP contribution in [-0.2, 0) is 13.0 Å². The molecule has 1 saturated carbocycles. The van der Waals surface area contributed by atoms with Crippen molar-refractivity contribution in [2.75, 3.05) is 13.6 Å². The third-order valence-corrected chi connectivity index (χ3v) is 7.79. The number of likely N-dealkylation sites (N-methyl/N-ethyl adjacent to an activating group) is 1. The molecule has 1 aliphatic carbocycles. The second-order valence-corrected chi connectivity index (χ2v) is 10.3. The second-order valence-electron chi connectivity index (χ2n) is 8.86. The summed E-state index contributed by atoms with van der Waals surface area (Å²) in [6.45, 7) is 1.77. The molecule has 1 aromatic carbocycles. The maximum absolute atomic E-state index is 13.7. The van der Waals surface area contributed by atoms with Crippen molar-refractivity contribution in [2.45, 2.75) is 50.7 Å². The fourth-order valence-electron chi connectivity index (χ4n) is 4.62. The van der Waals surface area contributed by atoms with E-state index >= 15 is 0 Å². The van der Waals surface area contributed by atoms with Gasteiger partial charge in [0.15, 0.2) is 5.01 Å². The third-order valence-electron chi connectivity index (χ3n) is 6.42. The van der Waals surface area contributed by atoms with Crippen LogP contribution in [-0.4, -0.2) is 52.4 Å². The van der Waals surface area contributed by atoms with Gasteiger partial charge in [0.05, 0.1) is 10.7 Å². The van der Waals surface area contributed by atoms with Crippen molar-refractivity contribution in [3.05, 3.63) is 50.3 Å². The number of carbonyl (C=O) groups excluding carboxylic acids is 2. The normalized spacial score (nSPS) is 20.4. The Labute approximate surface area is 211 Å². The Morgan fingerprint density at radius 2 is 1.88 bits per heavy atom. The van der Waals surface area contributed by atoms with Crippen molar-refractivity contribution in [3.8, 4) is 0 Å². The van der Waals surface area contributed by atoms with Crippen molar-refractivity contribution >= 4 is 58.1 Å². The quantitative estimate of drug-likeness (QED) is 0.473. The zero-order chi connectivity index (χ0) is 23.1. The number of nitrogens with zero attached hydrogens (tertiary/aromatic N) is 2. The largest absolute Gasteiger partial charge is 0.350 e. The van der Waals surface area contributed by atoms with E-state index in [-0.39, 0.29) is 41.3 Å². The van der Waals surface area contributed by atoms with E-state index in [1.54, 1.807) is 6.07 Å². The predicted molar refractivity (Wildman–Crippen MR) is 134 cm³/mol. The Bertz CT molecular complexity index is 1190. The van der Waals surface area contributed by atoms with Gasteiger partial charge in [-0.05, 0) is 38.1 Å². The molecule has 7 nitrogen and oxygen atoms in total. The molecule has 34 heavy (non-hydrogen) atoms. The van der Waals surface area contributed by atoms with Gasteiger partial charge < -0.3 is 20.5 Å². The van der Waals surface area contributed by atoms with Gasteiger partial charge >= 0.3 is 0 Å². The van der Waals surface area contributed by atoms with E-state index in [0.717, 1.165) is 55.8 Å². The first-order chi connectivity index (χ1) is 15.9. The standard InChI is InChI=1S/C23H25ClFN5O2S.ClH/c1-30-7-6-17-20(11-30)33-23(29-17)22(32)28-16-5-3-2-4-15(16)27-21(31)19-9-12-8-13(24)14(25)10-18(12)26-19;/h8-10,15-16,26H,2-7,11H2,1H3,(H,27,31)(H,28,32);1H/t15-,16-;/m1./s1. The highest BCUT2D eigenvalue weighted by molar-refractivity contribution is 7.13. The van der Waals surface area contributed by atoms with E-state index in [1.165, 1.54) is 23.5 Å². The average Bonchev–Trinajstić information content (AvgIpc) is 3.39. The number of benzene rings is 1. The molecule has 1 fully saturated rings. The molecule has 3 N–H and O–H groups in total. The molecule has 5 rings (SSSR count). The van der Waals surface area contributed by atoms with Gasteiger partial charge in [-0.25, -0.2) is 9.37 Å². The van der Waals surface area contributed by atoms with Gasteiger partial charge in [0, 0.05) is 47.4 Å².